The summed E-state index contributed by atoms with van der Waals surface area (Å²) in [5, 5.41) is 21.9. The molecule has 0 saturated carbocycles. The molecule has 10 heteroatoms. The number of hydrogen-bond acceptors (Lipinski definition) is 6. The first-order valence-electron chi connectivity index (χ1n) is 10.8. The number of benzene rings is 2. The summed E-state index contributed by atoms with van der Waals surface area (Å²) < 4.78 is 21.5. The standard InChI is InChI=1S/C23H23BrClFN4O3/c1-12-14-9-15(22(31)30-10-23(32,11-30)18-4-2-3-7-27-18)20(19(26)21(14)29-33-12)28-17-6-5-13(24)8-16(17)25/h5-6,8-9,18,27-28,32H,2-4,7,10-11H2,1H3/t18-/m0/s1. The number of rotatable bonds is 4. The summed E-state index contributed by atoms with van der Waals surface area (Å²) in [6.07, 6.45) is 3.00. The van der Waals surface area contributed by atoms with Crippen molar-refractivity contribution >= 4 is 55.7 Å². The molecule has 2 aliphatic heterocycles. The number of piperidine rings is 1. The molecule has 0 bridgehead atoms. The molecule has 0 aliphatic carbocycles. The fraction of sp³-hybridized carbons (Fsp3) is 0.391. The van der Waals surface area contributed by atoms with Gasteiger partial charge in [0, 0.05) is 15.9 Å². The van der Waals surface area contributed by atoms with Crippen LogP contribution < -0.4 is 10.6 Å². The van der Waals surface area contributed by atoms with Gasteiger partial charge >= 0.3 is 0 Å². The second-order valence-corrected chi connectivity index (χ2v) is 10.1. The molecule has 2 aromatic carbocycles. The molecule has 2 fully saturated rings. The quantitative estimate of drug-likeness (QED) is 0.444. The third kappa shape index (κ3) is 4.01. The first kappa shape index (κ1) is 22.6. The molecule has 1 amide bonds. The van der Waals surface area contributed by atoms with Gasteiger partial charge in [-0.15, -0.1) is 0 Å². The molecular formula is C23H23BrClFN4O3. The van der Waals surface area contributed by atoms with Crippen LogP contribution in [0.3, 0.4) is 0 Å². The van der Waals surface area contributed by atoms with Crippen molar-refractivity contribution in [2.24, 2.45) is 0 Å². The van der Waals surface area contributed by atoms with Gasteiger partial charge in [0.2, 0.25) is 0 Å². The summed E-state index contributed by atoms with van der Waals surface area (Å²) in [5.74, 6) is -0.665. The first-order valence-corrected chi connectivity index (χ1v) is 12.0. The smallest absolute Gasteiger partial charge is 0.256 e. The Morgan fingerprint density at radius 2 is 2.18 bits per heavy atom. The minimum absolute atomic E-state index is 0.0312. The lowest BCUT2D eigenvalue weighted by molar-refractivity contribution is -0.108. The molecule has 7 nitrogen and oxygen atoms in total. The van der Waals surface area contributed by atoms with Crippen molar-refractivity contribution in [1.29, 1.82) is 0 Å². The summed E-state index contributed by atoms with van der Waals surface area (Å²) in [4.78, 5) is 15.0. The average Bonchev–Trinajstić information content (AvgIpc) is 3.16. The molecule has 2 aliphatic rings. The molecule has 2 saturated heterocycles. The molecule has 1 atom stereocenters. The number of fused-ring (bicyclic) bond motifs is 1. The van der Waals surface area contributed by atoms with Crippen LogP contribution in [0.4, 0.5) is 15.8 Å². The molecule has 0 radical (unpaired) electrons. The van der Waals surface area contributed by atoms with Crippen molar-refractivity contribution < 1.29 is 18.8 Å². The normalized spacial score (nSPS) is 20.0. The van der Waals surface area contributed by atoms with Crippen molar-refractivity contribution in [2.75, 3.05) is 25.0 Å². The highest BCUT2D eigenvalue weighted by molar-refractivity contribution is 9.10. The number of carbonyl (C=O) groups is 1. The monoisotopic (exact) mass is 536 g/mol. The Balaban J connectivity index is 1.49. The highest BCUT2D eigenvalue weighted by atomic mass is 79.9. The Hall–Kier alpha value is -2.20. The zero-order valence-corrected chi connectivity index (χ0v) is 20.3. The van der Waals surface area contributed by atoms with E-state index in [2.05, 4.69) is 31.7 Å². The van der Waals surface area contributed by atoms with Crippen LogP contribution in [0, 0.1) is 12.7 Å². The Labute approximate surface area is 203 Å². The largest absolute Gasteiger partial charge is 0.385 e. The molecule has 3 aromatic rings. The predicted molar refractivity (Wildman–Crippen MR) is 128 cm³/mol. The summed E-state index contributed by atoms with van der Waals surface area (Å²) in [6, 6.07) is 6.66. The molecule has 5 rings (SSSR count). The van der Waals surface area contributed by atoms with Crippen molar-refractivity contribution in [3.05, 3.63) is 50.9 Å². The number of β-amino-alcohol motifs (C(OH)–C–C–N with tert-alkyl or cyclic N) is 1. The lowest BCUT2D eigenvalue weighted by Gasteiger charge is -2.51. The van der Waals surface area contributed by atoms with E-state index in [1.165, 1.54) is 4.90 Å². The van der Waals surface area contributed by atoms with E-state index in [-0.39, 0.29) is 41.8 Å². The van der Waals surface area contributed by atoms with E-state index in [1.807, 2.05) is 0 Å². The van der Waals surface area contributed by atoms with Crippen LogP contribution in [-0.2, 0) is 0 Å². The van der Waals surface area contributed by atoms with Crippen LogP contribution in [0.5, 0.6) is 0 Å². The number of nitrogens with zero attached hydrogens (tertiary/aromatic N) is 2. The Morgan fingerprint density at radius 3 is 2.88 bits per heavy atom. The maximum Gasteiger partial charge on any atom is 0.256 e. The summed E-state index contributed by atoms with van der Waals surface area (Å²) >= 11 is 9.68. The zero-order valence-electron chi connectivity index (χ0n) is 17.9. The number of amides is 1. The second kappa shape index (κ2) is 8.54. The number of aryl methyl sites for hydroxylation is 1. The molecule has 3 N–H and O–H groups in total. The van der Waals surface area contributed by atoms with Gasteiger partial charge < -0.3 is 25.2 Å². The van der Waals surface area contributed by atoms with Crippen LogP contribution in [0.25, 0.3) is 10.9 Å². The average molecular weight is 538 g/mol. The van der Waals surface area contributed by atoms with Crippen LogP contribution >= 0.6 is 27.5 Å². The molecule has 0 unspecified atom stereocenters. The van der Waals surface area contributed by atoms with Gasteiger partial charge in [-0.25, -0.2) is 4.39 Å². The highest BCUT2D eigenvalue weighted by Crippen LogP contribution is 2.37. The lowest BCUT2D eigenvalue weighted by atomic mass is 9.81. The van der Waals surface area contributed by atoms with Gasteiger partial charge in [-0.3, -0.25) is 4.79 Å². The zero-order chi connectivity index (χ0) is 23.3. The molecule has 33 heavy (non-hydrogen) atoms. The van der Waals surface area contributed by atoms with Gasteiger partial charge in [0.05, 0.1) is 35.1 Å². The van der Waals surface area contributed by atoms with E-state index < -0.39 is 11.4 Å². The topological polar surface area (TPSA) is 90.6 Å². The van der Waals surface area contributed by atoms with Gasteiger partial charge in [0.1, 0.15) is 11.4 Å². The van der Waals surface area contributed by atoms with Gasteiger partial charge in [0.15, 0.2) is 11.3 Å². The summed E-state index contributed by atoms with van der Waals surface area (Å²) in [6.45, 7) is 2.89. The fourth-order valence-corrected chi connectivity index (χ4v) is 5.36. The van der Waals surface area contributed by atoms with Crippen LogP contribution in [0.2, 0.25) is 5.02 Å². The van der Waals surface area contributed by atoms with E-state index in [9.17, 15) is 9.90 Å². The van der Waals surface area contributed by atoms with E-state index in [4.69, 9.17) is 16.1 Å². The second-order valence-electron chi connectivity index (χ2n) is 8.76. The summed E-state index contributed by atoms with van der Waals surface area (Å²) in [7, 11) is 0. The third-order valence-electron chi connectivity index (χ3n) is 6.49. The number of carbonyl (C=O) groups excluding carboxylic acids is 1. The number of hydrogen-bond donors (Lipinski definition) is 3. The number of anilines is 2. The molecule has 0 spiro atoms. The van der Waals surface area contributed by atoms with Gasteiger partial charge in [0.25, 0.3) is 5.91 Å². The van der Waals surface area contributed by atoms with E-state index in [1.54, 1.807) is 31.2 Å². The Kier molecular flexibility index (Phi) is 5.84. The number of aliphatic hydroxyl groups is 1. The predicted octanol–water partition coefficient (Wildman–Crippen LogP) is 4.76. The summed E-state index contributed by atoms with van der Waals surface area (Å²) in [5.41, 5.74) is -0.403. The molecular weight excluding hydrogens is 515 g/mol. The highest BCUT2D eigenvalue weighted by Gasteiger charge is 2.49. The van der Waals surface area contributed by atoms with Crippen molar-refractivity contribution in [1.82, 2.24) is 15.4 Å². The Morgan fingerprint density at radius 1 is 1.39 bits per heavy atom. The van der Waals surface area contributed by atoms with Crippen LogP contribution in [0.1, 0.15) is 35.4 Å². The minimum Gasteiger partial charge on any atom is -0.385 e. The SMILES string of the molecule is Cc1onc2c(F)c(Nc3ccc(Br)cc3Cl)c(C(=O)N3CC(O)([C@@H]4CCCCN4)C3)cc12. The van der Waals surface area contributed by atoms with E-state index in [0.717, 1.165) is 30.3 Å². The fourth-order valence-electron chi connectivity index (χ4n) is 4.64. The van der Waals surface area contributed by atoms with Crippen LogP contribution in [-0.4, -0.2) is 52.3 Å². The number of halogens is 3. The lowest BCUT2D eigenvalue weighted by Crippen LogP contribution is -2.72. The molecule has 3 heterocycles. The van der Waals surface area contributed by atoms with Crippen LogP contribution in [0.15, 0.2) is 33.3 Å². The minimum atomic E-state index is -0.978. The van der Waals surface area contributed by atoms with E-state index in [0.29, 0.717) is 21.9 Å². The van der Waals surface area contributed by atoms with Gasteiger partial charge in [-0.1, -0.05) is 39.1 Å². The van der Waals surface area contributed by atoms with Crippen molar-refractivity contribution in [3.63, 3.8) is 0 Å². The van der Waals surface area contributed by atoms with Crippen molar-refractivity contribution in [2.45, 2.75) is 37.8 Å². The maximum absolute atomic E-state index is 15.6. The first-order chi connectivity index (χ1) is 15.8. The van der Waals surface area contributed by atoms with Crippen molar-refractivity contribution in [3.8, 4) is 0 Å². The number of likely N-dealkylation sites (tertiary alicyclic amines) is 1. The van der Waals surface area contributed by atoms with Gasteiger partial charge in [-0.05, 0) is 50.6 Å². The number of aromatic nitrogens is 1. The van der Waals surface area contributed by atoms with E-state index >= 15 is 4.39 Å². The molecule has 1 aromatic heterocycles. The van der Waals surface area contributed by atoms with Gasteiger partial charge in [-0.2, -0.15) is 0 Å². The molecule has 174 valence electrons. The Bertz CT molecular complexity index is 1240. The third-order valence-corrected chi connectivity index (χ3v) is 7.30. The number of nitrogens with one attached hydrogen (secondary N) is 2. The maximum atomic E-state index is 15.6.